The zero-order valence-corrected chi connectivity index (χ0v) is 15.4. The number of hydrogen-bond donors (Lipinski definition) is 3. The maximum atomic E-state index is 12.1. The number of nitrogens with one attached hydrogen (secondary N) is 2. The van der Waals surface area contributed by atoms with E-state index in [1.54, 1.807) is 24.3 Å². The average molecular weight is 372 g/mol. The molecule has 144 valence electrons. The largest absolute Gasteiger partial charge is 0.497 e. The zero-order chi connectivity index (χ0) is 19.6. The number of carbonyl (C=O) groups is 2. The predicted molar refractivity (Wildman–Crippen MR) is 102 cm³/mol. The van der Waals surface area contributed by atoms with Gasteiger partial charge in [0.05, 0.1) is 26.4 Å². The smallest absolute Gasteiger partial charge is 0.313 e. The van der Waals surface area contributed by atoms with E-state index in [9.17, 15) is 9.59 Å². The van der Waals surface area contributed by atoms with Crippen molar-refractivity contribution < 1.29 is 24.2 Å². The van der Waals surface area contributed by atoms with Gasteiger partial charge in [-0.1, -0.05) is 35.9 Å². The molecule has 0 fully saturated rings. The summed E-state index contributed by atoms with van der Waals surface area (Å²) in [6.07, 6.45) is -0.466. The Kier molecular flexibility index (Phi) is 7.79. The van der Waals surface area contributed by atoms with Gasteiger partial charge in [0.1, 0.15) is 5.75 Å². The van der Waals surface area contributed by atoms with Gasteiger partial charge in [0.25, 0.3) is 0 Å². The number of hydrogen-bond acceptors (Lipinski definition) is 5. The van der Waals surface area contributed by atoms with Gasteiger partial charge in [-0.05, 0) is 24.6 Å². The Balaban J connectivity index is 1.95. The number of benzene rings is 2. The van der Waals surface area contributed by atoms with Crippen molar-refractivity contribution in [1.29, 1.82) is 0 Å². The second kappa shape index (κ2) is 10.3. The van der Waals surface area contributed by atoms with Crippen LogP contribution in [0.15, 0.2) is 48.5 Å². The van der Waals surface area contributed by atoms with Crippen LogP contribution in [0.5, 0.6) is 5.75 Å². The second-order valence-corrected chi connectivity index (χ2v) is 5.89. The molecule has 0 aliphatic carbocycles. The van der Waals surface area contributed by atoms with Crippen molar-refractivity contribution in [3.63, 3.8) is 0 Å². The van der Waals surface area contributed by atoms with Gasteiger partial charge in [-0.15, -0.1) is 0 Å². The van der Waals surface area contributed by atoms with Crippen LogP contribution in [-0.2, 0) is 14.3 Å². The van der Waals surface area contributed by atoms with E-state index < -0.39 is 17.9 Å². The third-order valence-electron chi connectivity index (χ3n) is 3.84. The monoisotopic (exact) mass is 372 g/mol. The van der Waals surface area contributed by atoms with E-state index in [2.05, 4.69) is 10.6 Å². The molecule has 2 rings (SSSR count). The van der Waals surface area contributed by atoms with Gasteiger partial charge < -0.3 is 25.2 Å². The Morgan fingerprint density at radius 1 is 1.11 bits per heavy atom. The van der Waals surface area contributed by atoms with Gasteiger partial charge in [-0.2, -0.15) is 0 Å². The van der Waals surface area contributed by atoms with Crippen molar-refractivity contribution in [1.82, 2.24) is 5.32 Å². The molecule has 1 unspecified atom stereocenters. The number of aliphatic hydroxyl groups excluding tert-OH is 1. The summed E-state index contributed by atoms with van der Waals surface area (Å²) in [5.74, 6) is -0.986. The van der Waals surface area contributed by atoms with Crippen LogP contribution in [-0.4, -0.2) is 43.8 Å². The highest BCUT2D eigenvalue weighted by molar-refractivity contribution is 6.39. The molecular weight excluding hydrogens is 348 g/mol. The Morgan fingerprint density at radius 2 is 1.85 bits per heavy atom. The van der Waals surface area contributed by atoms with Crippen molar-refractivity contribution in [3.05, 3.63) is 59.7 Å². The maximum Gasteiger partial charge on any atom is 0.313 e. The van der Waals surface area contributed by atoms with E-state index in [4.69, 9.17) is 14.6 Å². The molecule has 0 saturated carbocycles. The third-order valence-corrected chi connectivity index (χ3v) is 3.84. The Hall–Kier alpha value is -2.90. The minimum Gasteiger partial charge on any atom is -0.497 e. The number of amides is 2. The van der Waals surface area contributed by atoms with Gasteiger partial charge in [0.2, 0.25) is 0 Å². The van der Waals surface area contributed by atoms with Crippen molar-refractivity contribution >= 4 is 17.5 Å². The van der Waals surface area contributed by atoms with Crippen LogP contribution in [0.25, 0.3) is 0 Å². The predicted octanol–water partition coefficient (Wildman–Crippen LogP) is 1.81. The molecule has 0 aliphatic heterocycles. The van der Waals surface area contributed by atoms with E-state index in [-0.39, 0.29) is 19.8 Å². The third kappa shape index (κ3) is 6.40. The fourth-order valence-electron chi connectivity index (χ4n) is 2.40. The molecule has 7 heteroatoms. The van der Waals surface area contributed by atoms with E-state index in [1.165, 1.54) is 7.11 Å². The normalized spacial score (nSPS) is 11.5. The summed E-state index contributed by atoms with van der Waals surface area (Å²) in [5.41, 5.74) is 2.41. The highest BCUT2D eigenvalue weighted by Gasteiger charge is 2.18. The molecule has 0 radical (unpaired) electrons. The quantitative estimate of drug-likeness (QED) is 0.614. The molecule has 2 amide bonds. The van der Waals surface area contributed by atoms with Crippen molar-refractivity contribution in [2.24, 2.45) is 0 Å². The number of carbonyl (C=O) groups excluding carboxylic acids is 2. The molecule has 0 spiro atoms. The number of ether oxygens (including phenoxy) is 2. The van der Waals surface area contributed by atoms with Crippen LogP contribution < -0.4 is 15.4 Å². The molecule has 3 N–H and O–H groups in total. The van der Waals surface area contributed by atoms with E-state index in [0.717, 1.165) is 11.1 Å². The van der Waals surface area contributed by atoms with E-state index >= 15 is 0 Å². The molecule has 2 aromatic rings. The SMILES string of the molecule is COc1cccc(NC(=O)C(=O)NCC(OCCO)c2ccc(C)cc2)c1. The molecular formula is C20H24N2O5. The van der Waals surface area contributed by atoms with Gasteiger partial charge in [-0.3, -0.25) is 9.59 Å². The summed E-state index contributed by atoms with van der Waals surface area (Å²) >= 11 is 0. The molecule has 2 aromatic carbocycles. The van der Waals surface area contributed by atoms with E-state index in [0.29, 0.717) is 11.4 Å². The molecule has 0 heterocycles. The maximum absolute atomic E-state index is 12.1. The van der Waals surface area contributed by atoms with Crippen LogP contribution in [0.4, 0.5) is 5.69 Å². The molecule has 0 aliphatic rings. The number of rotatable bonds is 8. The molecule has 0 aromatic heterocycles. The van der Waals surface area contributed by atoms with Crippen molar-refractivity contribution in [2.45, 2.75) is 13.0 Å². The average Bonchev–Trinajstić information content (AvgIpc) is 2.68. The Bertz CT molecular complexity index is 761. The fourth-order valence-corrected chi connectivity index (χ4v) is 2.40. The summed E-state index contributed by atoms with van der Waals surface area (Å²) in [5, 5.41) is 14.1. The molecule has 0 saturated heterocycles. The first kappa shape index (κ1) is 20.4. The highest BCUT2D eigenvalue weighted by Crippen LogP contribution is 2.18. The molecule has 27 heavy (non-hydrogen) atoms. The summed E-state index contributed by atoms with van der Waals surface area (Å²) in [4.78, 5) is 24.2. The first-order valence-corrected chi connectivity index (χ1v) is 8.55. The van der Waals surface area contributed by atoms with Crippen molar-refractivity contribution in [3.8, 4) is 5.75 Å². The molecule has 1 atom stereocenters. The number of anilines is 1. The number of aryl methyl sites for hydroxylation is 1. The topological polar surface area (TPSA) is 96.9 Å². The Labute approximate surface area is 158 Å². The molecule has 0 bridgehead atoms. The van der Waals surface area contributed by atoms with Gasteiger partial charge in [0.15, 0.2) is 0 Å². The fraction of sp³-hybridized carbons (Fsp3) is 0.300. The number of methoxy groups -OCH3 is 1. The van der Waals surface area contributed by atoms with Crippen LogP contribution in [0.2, 0.25) is 0 Å². The van der Waals surface area contributed by atoms with Gasteiger partial charge >= 0.3 is 11.8 Å². The lowest BCUT2D eigenvalue weighted by atomic mass is 10.1. The second-order valence-electron chi connectivity index (χ2n) is 5.89. The molecule has 7 nitrogen and oxygen atoms in total. The Morgan fingerprint density at radius 3 is 2.52 bits per heavy atom. The number of aliphatic hydroxyl groups is 1. The van der Waals surface area contributed by atoms with Gasteiger partial charge in [-0.25, -0.2) is 0 Å². The summed E-state index contributed by atoms with van der Waals surface area (Å²) in [6.45, 7) is 2.07. The summed E-state index contributed by atoms with van der Waals surface area (Å²) in [6, 6.07) is 14.4. The summed E-state index contributed by atoms with van der Waals surface area (Å²) < 4.78 is 10.7. The van der Waals surface area contributed by atoms with E-state index in [1.807, 2.05) is 31.2 Å². The van der Waals surface area contributed by atoms with Gasteiger partial charge in [0, 0.05) is 18.3 Å². The lowest BCUT2D eigenvalue weighted by Gasteiger charge is -2.18. The highest BCUT2D eigenvalue weighted by atomic mass is 16.5. The first-order valence-electron chi connectivity index (χ1n) is 8.55. The van der Waals surface area contributed by atoms with Crippen LogP contribution in [0, 0.1) is 6.92 Å². The minimum atomic E-state index is -0.784. The minimum absolute atomic E-state index is 0.105. The lowest BCUT2D eigenvalue weighted by molar-refractivity contribution is -0.136. The standard InChI is InChI=1S/C20H24N2O5/c1-14-6-8-15(9-7-14)18(27-11-10-23)13-21-19(24)20(25)22-16-4-3-5-17(12-16)26-2/h3-9,12,18,23H,10-11,13H2,1-2H3,(H,21,24)(H,22,25). The zero-order valence-electron chi connectivity index (χ0n) is 15.4. The van der Waals surface area contributed by atoms with Crippen LogP contribution in [0.3, 0.4) is 0 Å². The van der Waals surface area contributed by atoms with Crippen LogP contribution in [0.1, 0.15) is 17.2 Å². The lowest BCUT2D eigenvalue weighted by Crippen LogP contribution is -2.38. The first-order chi connectivity index (χ1) is 13.0. The van der Waals surface area contributed by atoms with Crippen LogP contribution >= 0.6 is 0 Å². The summed E-state index contributed by atoms with van der Waals surface area (Å²) in [7, 11) is 1.52. The van der Waals surface area contributed by atoms with Crippen molar-refractivity contribution in [2.75, 3.05) is 32.2 Å².